The summed E-state index contributed by atoms with van der Waals surface area (Å²) in [5.41, 5.74) is 0.655. The summed E-state index contributed by atoms with van der Waals surface area (Å²) >= 11 is 0. The monoisotopic (exact) mass is 534 g/mol. The van der Waals surface area contributed by atoms with Crippen molar-refractivity contribution in [3.63, 3.8) is 0 Å². The second-order valence-corrected chi connectivity index (χ2v) is 8.75. The predicted molar refractivity (Wildman–Crippen MR) is 126 cm³/mol. The van der Waals surface area contributed by atoms with Crippen molar-refractivity contribution in [3.05, 3.63) is 35.4 Å². The minimum atomic E-state index is -1.24. The number of hydrogen-bond donors (Lipinski definition) is 1. The largest absolute Gasteiger partial charge is 0.463 e. The Bertz CT molecular complexity index is 1070. The molecule has 0 unspecified atom stereocenters. The molecule has 0 spiro atoms. The Balaban J connectivity index is 1.74. The molecule has 38 heavy (non-hydrogen) atoms. The molecule has 5 atom stereocenters. The normalized spacial score (nSPS) is 24.4. The van der Waals surface area contributed by atoms with Crippen LogP contribution in [0.4, 0.5) is 0 Å². The molecule has 2 heterocycles. The van der Waals surface area contributed by atoms with Crippen LogP contribution < -0.4 is 5.32 Å². The first-order valence-electron chi connectivity index (χ1n) is 12.0. The van der Waals surface area contributed by atoms with Crippen LogP contribution >= 0.6 is 0 Å². The van der Waals surface area contributed by atoms with Crippen LogP contribution in [0, 0.1) is 0 Å². The van der Waals surface area contributed by atoms with Crippen molar-refractivity contribution in [1.29, 1.82) is 0 Å². The first-order chi connectivity index (χ1) is 18.0. The number of nitrogens with one attached hydrogen (secondary N) is 1. The molecule has 2 aliphatic rings. The first-order valence-corrected chi connectivity index (χ1v) is 12.0. The molecule has 1 fully saturated rings. The van der Waals surface area contributed by atoms with E-state index in [2.05, 4.69) is 5.32 Å². The van der Waals surface area contributed by atoms with E-state index in [1.165, 1.54) is 13.8 Å². The van der Waals surface area contributed by atoms with Crippen LogP contribution in [-0.2, 0) is 42.9 Å². The van der Waals surface area contributed by atoms with Crippen molar-refractivity contribution in [2.24, 2.45) is 0 Å². The van der Waals surface area contributed by atoms with Crippen LogP contribution in [0.25, 0.3) is 0 Å². The summed E-state index contributed by atoms with van der Waals surface area (Å²) in [4.78, 5) is 73.4. The van der Waals surface area contributed by atoms with Gasteiger partial charge in [-0.25, -0.2) is 0 Å². The van der Waals surface area contributed by atoms with Gasteiger partial charge in [0.2, 0.25) is 5.91 Å². The zero-order valence-corrected chi connectivity index (χ0v) is 21.5. The number of nitrogens with zero attached hydrogens (tertiary/aromatic N) is 1. The van der Waals surface area contributed by atoms with E-state index in [1.807, 2.05) is 0 Å². The third-order valence-corrected chi connectivity index (χ3v) is 5.76. The van der Waals surface area contributed by atoms with Gasteiger partial charge in [-0.2, -0.15) is 0 Å². The van der Waals surface area contributed by atoms with Crippen LogP contribution in [0.15, 0.2) is 24.3 Å². The highest BCUT2D eigenvalue weighted by atomic mass is 16.7. The molecule has 0 aromatic heterocycles. The van der Waals surface area contributed by atoms with Gasteiger partial charge in [0.05, 0.1) is 17.7 Å². The van der Waals surface area contributed by atoms with Gasteiger partial charge in [0.25, 0.3) is 11.8 Å². The van der Waals surface area contributed by atoms with Crippen LogP contribution in [0.5, 0.6) is 0 Å². The minimum absolute atomic E-state index is 0.0283. The van der Waals surface area contributed by atoms with Gasteiger partial charge in [-0.15, -0.1) is 0 Å². The average Bonchev–Trinajstić information content (AvgIpc) is 3.08. The molecule has 206 valence electrons. The molecular formula is C25H30N2O11. The zero-order chi connectivity index (χ0) is 28.0. The standard InChI is InChI=1S/C25H30N2O11/c1-13(28)26-20-22(37-16(4)31)21(36-15(3)30)19(12-35-14(2)29)38-25(20)34-11-7-10-27-23(32)17-8-5-6-9-18(17)24(27)33/h5-6,8-9,19-22,25H,7,10-12H2,1-4H3,(H,26,28)/t19-,20+,21-,22+,25-/m1/s1. The number of amides is 3. The van der Waals surface area contributed by atoms with Crippen molar-refractivity contribution in [2.75, 3.05) is 19.8 Å². The van der Waals surface area contributed by atoms with E-state index >= 15 is 0 Å². The van der Waals surface area contributed by atoms with Crippen LogP contribution in [0.3, 0.4) is 0 Å². The summed E-state index contributed by atoms with van der Waals surface area (Å²) in [5, 5.41) is 2.60. The molecule has 3 rings (SSSR count). The fourth-order valence-corrected chi connectivity index (χ4v) is 4.30. The third kappa shape index (κ3) is 6.92. The maximum atomic E-state index is 12.6. The molecule has 1 saturated heterocycles. The number of ether oxygens (including phenoxy) is 5. The number of esters is 3. The lowest BCUT2D eigenvalue weighted by Gasteiger charge is -2.45. The molecule has 0 saturated carbocycles. The van der Waals surface area contributed by atoms with E-state index in [4.69, 9.17) is 23.7 Å². The van der Waals surface area contributed by atoms with Gasteiger partial charge in [0, 0.05) is 34.2 Å². The number of rotatable bonds is 10. The summed E-state index contributed by atoms with van der Waals surface area (Å²) < 4.78 is 27.5. The Morgan fingerprint density at radius 1 is 0.895 bits per heavy atom. The molecule has 0 bridgehead atoms. The van der Waals surface area contributed by atoms with Crippen LogP contribution in [0.1, 0.15) is 54.8 Å². The van der Waals surface area contributed by atoms with Crippen molar-refractivity contribution in [1.82, 2.24) is 10.2 Å². The van der Waals surface area contributed by atoms with Crippen molar-refractivity contribution in [3.8, 4) is 0 Å². The summed E-state index contributed by atoms with van der Waals surface area (Å²) in [5.74, 6) is -3.38. The van der Waals surface area contributed by atoms with Crippen molar-refractivity contribution < 1.29 is 52.5 Å². The van der Waals surface area contributed by atoms with Crippen LogP contribution in [0.2, 0.25) is 0 Å². The molecular weight excluding hydrogens is 504 g/mol. The maximum Gasteiger partial charge on any atom is 0.303 e. The zero-order valence-electron chi connectivity index (χ0n) is 21.5. The molecule has 2 aliphatic heterocycles. The number of carbonyl (C=O) groups is 6. The Hall–Kier alpha value is -3.84. The van der Waals surface area contributed by atoms with E-state index in [-0.39, 0.29) is 26.2 Å². The van der Waals surface area contributed by atoms with Gasteiger partial charge in [-0.3, -0.25) is 33.7 Å². The molecule has 0 radical (unpaired) electrons. The average molecular weight is 535 g/mol. The number of benzene rings is 1. The quantitative estimate of drug-likeness (QED) is 0.191. The maximum absolute atomic E-state index is 12.6. The lowest BCUT2D eigenvalue weighted by molar-refractivity contribution is -0.277. The fraction of sp³-hybridized carbons (Fsp3) is 0.520. The van der Waals surface area contributed by atoms with E-state index < -0.39 is 66.3 Å². The fourth-order valence-electron chi connectivity index (χ4n) is 4.30. The smallest absolute Gasteiger partial charge is 0.303 e. The molecule has 1 aromatic rings. The lowest BCUT2D eigenvalue weighted by Crippen LogP contribution is -2.66. The topological polar surface area (TPSA) is 164 Å². The summed E-state index contributed by atoms with van der Waals surface area (Å²) in [7, 11) is 0. The summed E-state index contributed by atoms with van der Waals surface area (Å²) in [6.07, 6.45) is -4.57. The van der Waals surface area contributed by atoms with Gasteiger partial charge < -0.3 is 29.0 Å². The molecule has 13 heteroatoms. The molecule has 1 N–H and O–H groups in total. The van der Waals surface area contributed by atoms with E-state index in [0.717, 1.165) is 18.7 Å². The van der Waals surface area contributed by atoms with Gasteiger partial charge in [0.15, 0.2) is 18.5 Å². The molecule has 13 nitrogen and oxygen atoms in total. The number of fused-ring (bicyclic) bond motifs is 1. The number of hydrogen-bond acceptors (Lipinski definition) is 11. The Morgan fingerprint density at radius 3 is 2.00 bits per heavy atom. The predicted octanol–water partition coefficient (Wildman–Crippen LogP) is 0.345. The van der Waals surface area contributed by atoms with Gasteiger partial charge in [0.1, 0.15) is 18.8 Å². The molecule has 3 amide bonds. The molecule has 1 aromatic carbocycles. The highest BCUT2D eigenvalue weighted by Crippen LogP contribution is 2.28. The van der Waals surface area contributed by atoms with Gasteiger partial charge in [-0.1, -0.05) is 12.1 Å². The minimum Gasteiger partial charge on any atom is -0.463 e. The number of imide groups is 1. The highest BCUT2D eigenvalue weighted by Gasteiger charge is 2.51. The van der Waals surface area contributed by atoms with Crippen LogP contribution in [-0.4, -0.2) is 90.9 Å². The third-order valence-electron chi connectivity index (χ3n) is 5.76. The highest BCUT2D eigenvalue weighted by molar-refractivity contribution is 6.21. The van der Waals surface area contributed by atoms with Gasteiger partial charge in [-0.05, 0) is 18.6 Å². The van der Waals surface area contributed by atoms with E-state index in [0.29, 0.717) is 11.1 Å². The van der Waals surface area contributed by atoms with Crippen molar-refractivity contribution in [2.45, 2.75) is 64.8 Å². The molecule has 0 aliphatic carbocycles. The lowest BCUT2D eigenvalue weighted by atomic mass is 9.96. The second-order valence-electron chi connectivity index (χ2n) is 8.75. The Kier molecular flexibility index (Phi) is 9.53. The van der Waals surface area contributed by atoms with Crippen molar-refractivity contribution >= 4 is 35.6 Å². The summed E-state index contributed by atoms with van der Waals surface area (Å²) in [6.45, 7) is 4.37. The summed E-state index contributed by atoms with van der Waals surface area (Å²) in [6, 6.07) is 5.41. The van der Waals surface area contributed by atoms with E-state index in [9.17, 15) is 28.8 Å². The second kappa shape index (κ2) is 12.6. The first kappa shape index (κ1) is 28.7. The SMILES string of the molecule is CC(=O)N[C@@H]1[C@H](OCCCN2C(=O)c3ccccc3C2=O)O[C@H](COC(C)=O)[C@@H](OC(C)=O)[C@H]1OC(C)=O. The van der Waals surface area contributed by atoms with E-state index in [1.54, 1.807) is 24.3 Å². The Morgan fingerprint density at radius 2 is 1.47 bits per heavy atom. The Labute approximate surface area is 218 Å². The van der Waals surface area contributed by atoms with Gasteiger partial charge >= 0.3 is 17.9 Å². The number of carbonyl (C=O) groups excluding carboxylic acids is 6.